The van der Waals surface area contributed by atoms with Crippen molar-refractivity contribution in [3.05, 3.63) is 48.5 Å². The normalized spacial score (nSPS) is 20.9. The fraction of sp³-hybridized carbons (Fsp3) is 0.455. The number of nitrogens with zero attached hydrogens (tertiary/aromatic N) is 6. The van der Waals surface area contributed by atoms with Crippen LogP contribution in [0.2, 0.25) is 0 Å². The van der Waals surface area contributed by atoms with E-state index in [1.165, 1.54) is 12.3 Å². The SMILES string of the molecule is O=C1[C@@H](CCCc2cccc3ncnn23)C[C@H]2CN(c3ccc(OC(F)F)cn3)CCN12. The summed E-state index contributed by atoms with van der Waals surface area (Å²) in [7, 11) is 0. The average Bonchev–Trinajstić information content (AvgIpc) is 3.39. The Balaban J connectivity index is 1.17. The summed E-state index contributed by atoms with van der Waals surface area (Å²) in [5, 5.41) is 4.27. The Bertz CT molecular complexity index is 1090. The van der Waals surface area contributed by atoms with E-state index in [9.17, 15) is 13.6 Å². The molecule has 5 heterocycles. The van der Waals surface area contributed by atoms with Crippen LogP contribution in [0.3, 0.4) is 0 Å². The Morgan fingerprint density at radius 3 is 2.88 bits per heavy atom. The summed E-state index contributed by atoms with van der Waals surface area (Å²) in [5.41, 5.74) is 1.93. The summed E-state index contributed by atoms with van der Waals surface area (Å²) in [5.74, 6) is 1.02. The molecule has 3 aromatic rings. The molecule has 2 aliphatic rings. The Hall–Kier alpha value is -3.30. The van der Waals surface area contributed by atoms with Crippen molar-refractivity contribution in [2.24, 2.45) is 5.92 Å². The van der Waals surface area contributed by atoms with Crippen LogP contribution in [0.4, 0.5) is 14.6 Å². The number of pyridine rings is 2. The maximum Gasteiger partial charge on any atom is 0.387 e. The standard InChI is InChI=1S/C22H24F2N6O2/c23-22(24)32-18-7-8-19(25-12-18)28-9-10-29-17(13-28)11-15(21(29)31)3-1-4-16-5-2-6-20-26-14-27-30(16)20/h2,5-8,12,14-15,17,22H,1,3-4,9-11,13H2/t15-,17-/m0/s1. The van der Waals surface area contributed by atoms with Gasteiger partial charge in [0.1, 0.15) is 17.9 Å². The molecule has 32 heavy (non-hydrogen) atoms. The maximum absolute atomic E-state index is 12.9. The molecule has 10 heteroatoms. The number of halogens is 2. The van der Waals surface area contributed by atoms with Gasteiger partial charge >= 0.3 is 6.61 Å². The number of hydrogen-bond donors (Lipinski definition) is 0. The Kier molecular flexibility index (Phi) is 5.59. The number of ether oxygens (including phenoxy) is 1. The summed E-state index contributed by atoms with van der Waals surface area (Å²) in [6, 6.07) is 9.29. The number of piperazine rings is 1. The number of alkyl halides is 2. The first kappa shape index (κ1) is 20.6. The van der Waals surface area contributed by atoms with Crippen LogP contribution in [-0.2, 0) is 11.2 Å². The number of fused-ring (bicyclic) bond motifs is 2. The molecule has 8 nitrogen and oxygen atoms in total. The number of hydrogen-bond acceptors (Lipinski definition) is 6. The van der Waals surface area contributed by atoms with Gasteiger partial charge < -0.3 is 14.5 Å². The van der Waals surface area contributed by atoms with Crippen molar-refractivity contribution in [2.75, 3.05) is 24.5 Å². The number of rotatable bonds is 7. The lowest BCUT2D eigenvalue weighted by Crippen LogP contribution is -2.51. The first-order valence-electron chi connectivity index (χ1n) is 10.8. The van der Waals surface area contributed by atoms with Crippen LogP contribution in [-0.4, -0.2) is 62.7 Å². The molecule has 2 aliphatic heterocycles. The molecule has 1 amide bonds. The second-order valence-corrected chi connectivity index (χ2v) is 8.23. The zero-order chi connectivity index (χ0) is 22.1. The van der Waals surface area contributed by atoms with Gasteiger partial charge in [0, 0.05) is 31.2 Å². The van der Waals surface area contributed by atoms with Crippen molar-refractivity contribution in [3.8, 4) is 5.75 Å². The second kappa shape index (κ2) is 8.68. The van der Waals surface area contributed by atoms with Gasteiger partial charge in [-0.15, -0.1) is 0 Å². The van der Waals surface area contributed by atoms with Gasteiger partial charge in [-0.3, -0.25) is 4.79 Å². The molecule has 0 saturated carbocycles. The van der Waals surface area contributed by atoms with E-state index >= 15 is 0 Å². The van der Waals surface area contributed by atoms with Crippen LogP contribution >= 0.6 is 0 Å². The Labute approximate surface area is 183 Å². The summed E-state index contributed by atoms with van der Waals surface area (Å²) < 4.78 is 30.9. The van der Waals surface area contributed by atoms with Crippen LogP contribution in [0.25, 0.3) is 5.65 Å². The molecule has 0 spiro atoms. The maximum atomic E-state index is 12.9. The molecule has 0 bridgehead atoms. The predicted octanol–water partition coefficient (Wildman–Crippen LogP) is 2.79. The molecule has 0 radical (unpaired) electrons. The first-order valence-corrected chi connectivity index (χ1v) is 10.8. The van der Waals surface area contributed by atoms with Crippen LogP contribution in [0.15, 0.2) is 42.9 Å². The molecular weight excluding hydrogens is 418 g/mol. The highest BCUT2D eigenvalue weighted by Crippen LogP contribution is 2.32. The number of carbonyl (C=O) groups excluding carboxylic acids is 1. The van der Waals surface area contributed by atoms with Gasteiger partial charge in [0.05, 0.1) is 12.2 Å². The van der Waals surface area contributed by atoms with Crippen molar-refractivity contribution in [1.29, 1.82) is 0 Å². The molecular formula is C22H24F2N6O2. The number of carbonyl (C=O) groups is 1. The third kappa shape index (κ3) is 4.09. The van der Waals surface area contributed by atoms with Crippen LogP contribution in [0, 0.1) is 5.92 Å². The molecule has 0 N–H and O–H groups in total. The van der Waals surface area contributed by atoms with Crippen molar-refractivity contribution in [3.63, 3.8) is 0 Å². The van der Waals surface area contributed by atoms with Gasteiger partial charge in [0.25, 0.3) is 0 Å². The second-order valence-electron chi connectivity index (χ2n) is 8.23. The minimum absolute atomic E-state index is 0.0321. The first-order chi connectivity index (χ1) is 15.6. The van der Waals surface area contributed by atoms with E-state index in [-0.39, 0.29) is 23.6 Å². The van der Waals surface area contributed by atoms with Gasteiger partial charge in [0.15, 0.2) is 5.65 Å². The zero-order valence-corrected chi connectivity index (χ0v) is 17.5. The van der Waals surface area contributed by atoms with E-state index in [0.29, 0.717) is 25.5 Å². The van der Waals surface area contributed by atoms with E-state index in [4.69, 9.17) is 0 Å². The molecule has 3 aromatic heterocycles. The van der Waals surface area contributed by atoms with Crippen molar-refractivity contribution >= 4 is 17.4 Å². The Morgan fingerprint density at radius 2 is 2.06 bits per heavy atom. The van der Waals surface area contributed by atoms with Crippen LogP contribution in [0.5, 0.6) is 5.75 Å². The van der Waals surface area contributed by atoms with Gasteiger partial charge in [-0.1, -0.05) is 6.07 Å². The predicted molar refractivity (Wildman–Crippen MR) is 113 cm³/mol. The smallest absolute Gasteiger partial charge is 0.387 e. The topological polar surface area (TPSA) is 75.9 Å². The van der Waals surface area contributed by atoms with Gasteiger partial charge in [-0.2, -0.15) is 13.9 Å². The van der Waals surface area contributed by atoms with Crippen LogP contribution < -0.4 is 9.64 Å². The molecule has 2 fully saturated rings. The van der Waals surface area contributed by atoms with E-state index in [0.717, 1.165) is 37.0 Å². The van der Waals surface area contributed by atoms with E-state index in [2.05, 4.69) is 24.7 Å². The molecule has 0 aromatic carbocycles. The quantitative estimate of drug-likeness (QED) is 0.560. The minimum Gasteiger partial charge on any atom is -0.433 e. The van der Waals surface area contributed by atoms with Crippen molar-refractivity contribution in [2.45, 2.75) is 38.3 Å². The largest absolute Gasteiger partial charge is 0.433 e. The Morgan fingerprint density at radius 1 is 1.16 bits per heavy atom. The molecule has 168 valence electrons. The van der Waals surface area contributed by atoms with Crippen molar-refractivity contribution in [1.82, 2.24) is 24.5 Å². The van der Waals surface area contributed by atoms with Gasteiger partial charge in [0.2, 0.25) is 5.91 Å². The molecule has 0 unspecified atom stereocenters. The summed E-state index contributed by atoms with van der Waals surface area (Å²) in [6.45, 7) is -0.847. The lowest BCUT2D eigenvalue weighted by atomic mass is 9.97. The van der Waals surface area contributed by atoms with Crippen molar-refractivity contribution < 1.29 is 18.3 Å². The van der Waals surface area contributed by atoms with E-state index in [1.54, 1.807) is 12.4 Å². The number of aryl methyl sites for hydroxylation is 1. The number of amides is 1. The summed E-state index contributed by atoms with van der Waals surface area (Å²) in [6.07, 6.45) is 6.29. The number of anilines is 1. The molecule has 2 saturated heterocycles. The highest BCUT2D eigenvalue weighted by Gasteiger charge is 2.42. The summed E-state index contributed by atoms with van der Waals surface area (Å²) in [4.78, 5) is 25.5. The highest BCUT2D eigenvalue weighted by atomic mass is 19.3. The molecule has 5 rings (SSSR count). The van der Waals surface area contributed by atoms with E-state index < -0.39 is 6.61 Å². The molecule has 0 aliphatic carbocycles. The fourth-order valence-electron chi connectivity index (χ4n) is 4.81. The zero-order valence-electron chi connectivity index (χ0n) is 17.5. The lowest BCUT2D eigenvalue weighted by molar-refractivity contribution is -0.132. The fourth-order valence-corrected chi connectivity index (χ4v) is 4.81. The third-order valence-corrected chi connectivity index (χ3v) is 6.31. The van der Waals surface area contributed by atoms with E-state index in [1.807, 2.05) is 27.6 Å². The third-order valence-electron chi connectivity index (χ3n) is 6.31. The van der Waals surface area contributed by atoms with Gasteiger partial charge in [-0.25, -0.2) is 14.5 Å². The summed E-state index contributed by atoms with van der Waals surface area (Å²) >= 11 is 0. The minimum atomic E-state index is -2.86. The van der Waals surface area contributed by atoms with Gasteiger partial charge in [-0.05, 0) is 49.9 Å². The average molecular weight is 442 g/mol. The highest BCUT2D eigenvalue weighted by molar-refractivity contribution is 5.82. The molecule has 2 atom stereocenters. The monoisotopic (exact) mass is 442 g/mol. The number of aromatic nitrogens is 4. The van der Waals surface area contributed by atoms with Crippen LogP contribution in [0.1, 0.15) is 25.0 Å². The lowest BCUT2D eigenvalue weighted by Gasteiger charge is -2.38.